The van der Waals surface area contributed by atoms with Crippen LogP contribution in [0.25, 0.3) is 0 Å². The van der Waals surface area contributed by atoms with E-state index in [2.05, 4.69) is 4.72 Å². The highest BCUT2D eigenvalue weighted by Crippen LogP contribution is 2.53. The predicted octanol–water partition coefficient (Wildman–Crippen LogP) is 3.78. The van der Waals surface area contributed by atoms with Gasteiger partial charge < -0.3 is 4.74 Å². The Morgan fingerprint density at radius 2 is 1.82 bits per heavy atom. The number of halogens is 2. The van der Waals surface area contributed by atoms with Crippen molar-refractivity contribution in [3.8, 4) is 5.75 Å². The summed E-state index contributed by atoms with van der Waals surface area (Å²) >= 11 is 5.75. The minimum Gasteiger partial charge on any atom is -0.490 e. The van der Waals surface area contributed by atoms with Crippen LogP contribution in [0.15, 0.2) is 35.2 Å². The lowest BCUT2D eigenvalue weighted by molar-refractivity contribution is -0.125. The third-order valence-corrected chi connectivity index (χ3v) is 10.4. The molecule has 0 radical (unpaired) electrons. The molecule has 182 valence electrons. The fraction of sp³-hybridized carbons (Fsp3) is 0.435. The number of ether oxygens (including phenoxy) is 1. The van der Waals surface area contributed by atoms with Crippen molar-refractivity contribution in [2.75, 3.05) is 16.2 Å². The summed E-state index contributed by atoms with van der Waals surface area (Å²) in [6.07, 6.45) is 2.73. The van der Waals surface area contributed by atoms with Crippen LogP contribution in [0.1, 0.15) is 43.2 Å². The number of benzene rings is 2. The van der Waals surface area contributed by atoms with Gasteiger partial charge in [-0.3, -0.25) is 9.52 Å². The van der Waals surface area contributed by atoms with Crippen LogP contribution in [0.5, 0.6) is 5.75 Å². The number of carbonyl (C=O) groups excluding carboxylic acids is 1. The average molecular weight is 528 g/mol. The van der Waals surface area contributed by atoms with Gasteiger partial charge in [0, 0.05) is 23.1 Å². The van der Waals surface area contributed by atoms with E-state index in [1.807, 2.05) is 0 Å². The number of Topliss-reactive ketones (excluding diaryl/α,β-unsaturated/α-hetero) is 1. The SMILES string of the molecule is O=C1Cc2c(OC3CCS(=O)(=O)CC3)cc(NS(=O)(=O)c3ccc(Cl)cc3F)cc2C12CCC2. The van der Waals surface area contributed by atoms with Crippen LogP contribution in [-0.4, -0.2) is 40.2 Å². The molecule has 3 aliphatic rings. The first kappa shape index (κ1) is 23.6. The van der Waals surface area contributed by atoms with Crippen molar-refractivity contribution < 1.29 is 30.8 Å². The first-order valence-electron chi connectivity index (χ1n) is 11.0. The van der Waals surface area contributed by atoms with Gasteiger partial charge in [0.15, 0.2) is 9.84 Å². The lowest BCUT2D eigenvalue weighted by Crippen LogP contribution is -2.39. The molecule has 0 amide bonds. The molecule has 2 fully saturated rings. The number of hydrogen-bond acceptors (Lipinski definition) is 6. The van der Waals surface area contributed by atoms with E-state index in [1.165, 1.54) is 12.1 Å². The molecule has 1 heterocycles. The van der Waals surface area contributed by atoms with Crippen molar-refractivity contribution in [1.82, 2.24) is 0 Å². The number of nitrogens with one attached hydrogen (secondary N) is 1. The molecule has 1 saturated heterocycles. The van der Waals surface area contributed by atoms with Crippen LogP contribution in [-0.2, 0) is 36.5 Å². The van der Waals surface area contributed by atoms with Crippen molar-refractivity contribution in [2.24, 2.45) is 0 Å². The van der Waals surface area contributed by atoms with E-state index in [9.17, 15) is 26.0 Å². The van der Waals surface area contributed by atoms with E-state index < -0.39 is 36.0 Å². The van der Waals surface area contributed by atoms with Crippen molar-refractivity contribution >= 4 is 42.9 Å². The van der Waals surface area contributed by atoms with Crippen LogP contribution < -0.4 is 9.46 Å². The van der Waals surface area contributed by atoms with Crippen LogP contribution in [0.3, 0.4) is 0 Å². The van der Waals surface area contributed by atoms with Crippen molar-refractivity contribution in [1.29, 1.82) is 0 Å². The Hall–Kier alpha value is -2.17. The van der Waals surface area contributed by atoms with E-state index in [1.54, 1.807) is 6.07 Å². The summed E-state index contributed by atoms with van der Waals surface area (Å²) in [6.45, 7) is 0. The molecule has 2 aromatic carbocycles. The van der Waals surface area contributed by atoms with Gasteiger partial charge in [0.1, 0.15) is 28.3 Å². The molecule has 34 heavy (non-hydrogen) atoms. The van der Waals surface area contributed by atoms with E-state index in [0.717, 1.165) is 29.7 Å². The molecule has 1 saturated carbocycles. The summed E-state index contributed by atoms with van der Waals surface area (Å²) in [5, 5.41) is 0.0737. The molecule has 0 aromatic heterocycles. The molecule has 1 aliphatic heterocycles. The third-order valence-electron chi connectivity index (χ3n) is 7.03. The van der Waals surface area contributed by atoms with E-state index >= 15 is 0 Å². The fourth-order valence-corrected chi connectivity index (χ4v) is 7.75. The summed E-state index contributed by atoms with van der Waals surface area (Å²) in [7, 11) is -7.37. The molecule has 0 unspecified atom stereocenters. The first-order valence-corrected chi connectivity index (χ1v) is 14.7. The number of anilines is 1. The standard InChI is InChI=1S/C23H23ClFNO6S2/c24-14-2-3-21(19(25)10-14)34(30,31)26-15-11-18-17(13-22(27)23(18)6-1-7-23)20(12-15)32-16-4-8-33(28,29)9-5-16/h2-3,10-12,16,26H,1,4-9,13H2. The van der Waals surface area contributed by atoms with Gasteiger partial charge in [0.05, 0.1) is 22.6 Å². The van der Waals surface area contributed by atoms with Gasteiger partial charge in [-0.05, 0) is 55.5 Å². The van der Waals surface area contributed by atoms with E-state index in [-0.39, 0.29) is 40.5 Å². The summed E-state index contributed by atoms with van der Waals surface area (Å²) in [5.41, 5.74) is 0.973. The molecular weight excluding hydrogens is 505 g/mol. The molecular formula is C23H23ClFNO6S2. The maximum absolute atomic E-state index is 14.3. The molecule has 1 N–H and O–H groups in total. The number of fused-ring (bicyclic) bond motifs is 2. The minimum absolute atomic E-state index is 0.0187. The topological polar surface area (TPSA) is 107 Å². The number of carbonyl (C=O) groups is 1. The number of ketones is 1. The van der Waals surface area contributed by atoms with Gasteiger partial charge in [-0.2, -0.15) is 0 Å². The van der Waals surface area contributed by atoms with Gasteiger partial charge >= 0.3 is 0 Å². The summed E-state index contributed by atoms with van der Waals surface area (Å²) in [5.74, 6) is -0.496. The van der Waals surface area contributed by atoms with Gasteiger partial charge in [0.25, 0.3) is 10.0 Å². The maximum atomic E-state index is 14.3. The van der Waals surface area contributed by atoms with Crippen molar-refractivity contribution in [3.63, 3.8) is 0 Å². The maximum Gasteiger partial charge on any atom is 0.264 e. The summed E-state index contributed by atoms with van der Waals surface area (Å²) in [4.78, 5) is 12.4. The van der Waals surface area contributed by atoms with E-state index in [0.29, 0.717) is 31.4 Å². The molecule has 0 atom stereocenters. The second-order valence-electron chi connectivity index (χ2n) is 9.19. The zero-order valence-electron chi connectivity index (χ0n) is 18.1. The average Bonchev–Trinajstić information content (AvgIpc) is 3.01. The Bertz CT molecular complexity index is 1390. The minimum atomic E-state index is -4.29. The van der Waals surface area contributed by atoms with E-state index in [4.69, 9.17) is 16.3 Å². The van der Waals surface area contributed by atoms with Gasteiger partial charge in [-0.1, -0.05) is 18.0 Å². The molecule has 7 nitrogen and oxygen atoms in total. The molecule has 2 aliphatic carbocycles. The lowest BCUT2D eigenvalue weighted by atomic mass is 9.64. The zero-order valence-corrected chi connectivity index (χ0v) is 20.5. The highest BCUT2D eigenvalue weighted by molar-refractivity contribution is 7.92. The number of rotatable bonds is 5. The van der Waals surface area contributed by atoms with Gasteiger partial charge in [-0.15, -0.1) is 0 Å². The van der Waals surface area contributed by atoms with Crippen LogP contribution in [0.2, 0.25) is 5.02 Å². The first-order chi connectivity index (χ1) is 16.0. The zero-order chi connectivity index (χ0) is 24.3. The van der Waals surface area contributed by atoms with Gasteiger partial charge in [-0.25, -0.2) is 21.2 Å². The molecule has 5 rings (SSSR count). The lowest BCUT2D eigenvalue weighted by Gasteiger charge is -2.38. The monoisotopic (exact) mass is 527 g/mol. The molecule has 0 bridgehead atoms. The van der Waals surface area contributed by atoms with Crippen LogP contribution in [0, 0.1) is 5.82 Å². The molecule has 2 aromatic rings. The summed E-state index contributed by atoms with van der Waals surface area (Å²) in [6, 6.07) is 6.44. The largest absolute Gasteiger partial charge is 0.490 e. The summed E-state index contributed by atoms with van der Waals surface area (Å²) < 4.78 is 72.4. The Kier molecular flexibility index (Phi) is 5.69. The van der Waals surface area contributed by atoms with Crippen LogP contribution in [0.4, 0.5) is 10.1 Å². The smallest absolute Gasteiger partial charge is 0.264 e. The quantitative estimate of drug-likeness (QED) is 0.634. The Morgan fingerprint density at radius 3 is 2.44 bits per heavy atom. The molecule has 1 spiro atoms. The van der Waals surface area contributed by atoms with Crippen LogP contribution >= 0.6 is 11.6 Å². The number of hydrogen-bond donors (Lipinski definition) is 1. The second kappa shape index (κ2) is 8.20. The normalized spacial score (nSPS) is 21.2. The highest BCUT2D eigenvalue weighted by Gasteiger charge is 2.51. The van der Waals surface area contributed by atoms with Crippen molar-refractivity contribution in [3.05, 3.63) is 52.3 Å². The Labute approximate surface area is 202 Å². The molecule has 11 heteroatoms. The Morgan fingerprint density at radius 1 is 1.12 bits per heavy atom. The number of sulfone groups is 1. The van der Waals surface area contributed by atoms with Crippen molar-refractivity contribution in [2.45, 2.75) is 54.9 Å². The van der Waals surface area contributed by atoms with Gasteiger partial charge in [0.2, 0.25) is 0 Å². The Balaban J connectivity index is 1.52. The predicted molar refractivity (Wildman–Crippen MR) is 125 cm³/mol. The number of sulfonamides is 1. The third kappa shape index (κ3) is 4.09. The fourth-order valence-electron chi connectivity index (χ4n) is 5.05. The highest BCUT2D eigenvalue weighted by atomic mass is 35.5. The second-order valence-corrected chi connectivity index (χ2v) is 13.6.